The van der Waals surface area contributed by atoms with Crippen LogP contribution in [0.2, 0.25) is 0 Å². The minimum absolute atomic E-state index is 0.0213. The van der Waals surface area contributed by atoms with E-state index in [0.29, 0.717) is 10.9 Å². The minimum Gasteiger partial charge on any atom is -0.395 e. The summed E-state index contributed by atoms with van der Waals surface area (Å²) in [5, 5.41) is 12.3. The van der Waals surface area contributed by atoms with Crippen LogP contribution in [-0.2, 0) is 30.3 Å². The molecule has 2 N–H and O–H groups in total. The first kappa shape index (κ1) is 28.1. The molecular weight excluding hydrogens is 528 g/mol. The maximum Gasteiger partial charge on any atom is 0.243 e. The van der Waals surface area contributed by atoms with E-state index < -0.39 is 32.0 Å². The molecule has 3 aromatic rings. The Balaban J connectivity index is 1.66. The summed E-state index contributed by atoms with van der Waals surface area (Å²) in [5.74, 6) is -0.687. The zero-order valence-electron chi connectivity index (χ0n) is 21.5. The number of aromatic nitrogens is 1. The molecule has 2 heterocycles. The first-order valence-electron chi connectivity index (χ1n) is 12.2. The van der Waals surface area contributed by atoms with Gasteiger partial charge >= 0.3 is 0 Å². The Hall–Kier alpha value is -2.90. The van der Waals surface area contributed by atoms with Crippen LogP contribution >= 0.6 is 0 Å². The number of hydrogen-bond donors (Lipinski definition) is 2. The van der Waals surface area contributed by atoms with Crippen LogP contribution in [0.1, 0.15) is 26.3 Å². The van der Waals surface area contributed by atoms with Gasteiger partial charge in [0.2, 0.25) is 26.0 Å². The Morgan fingerprint density at radius 3 is 2.34 bits per heavy atom. The van der Waals surface area contributed by atoms with Crippen LogP contribution in [0.25, 0.3) is 10.9 Å². The first-order valence-corrected chi connectivity index (χ1v) is 15.1. The zero-order chi connectivity index (χ0) is 27.7. The highest BCUT2D eigenvalue weighted by Crippen LogP contribution is 2.28. The van der Waals surface area contributed by atoms with Gasteiger partial charge in [0.05, 0.1) is 21.9 Å². The summed E-state index contributed by atoms with van der Waals surface area (Å²) in [6.45, 7) is 4.94. The van der Waals surface area contributed by atoms with Crippen molar-refractivity contribution in [3.63, 3.8) is 0 Å². The number of piperazine rings is 1. The molecule has 1 saturated heterocycles. The van der Waals surface area contributed by atoms with Gasteiger partial charge in [0, 0.05) is 37.8 Å². The maximum atomic E-state index is 13.7. The largest absolute Gasteiger partial charge is 0.395 e. The van der Waals surface area contributed by atoms with Crippen LogP contribution < -0.4 is 5.32 Å². The predicted octanol–water partition coefficient (Wildman–Crippen LogP) is 1.70. The zero-order valence-corrected chi connectivity index (χ0v) is 23.2. The van der Waals surface area contributed by atoms with E-state index >= 15 is 0 Å². The highest BCUT2D eigenvalue weighted by molar-refractivity contribution is 7.89. The molecule has 2 aromatic carbocycles. The summed E-state index contributed by atoms with van der Waals surface area (Å²) in [4.78, 5) is 17.3. The predicted molar refractivity (Wildman–Crippen MR) is 143 cm³/mol. The van der Waals surface area contributed by atoms with Crippen molar-refractivity contribution in [2.75, 3.05) is 32.8 Å². The second kappa shape index (κ2) is 10.7. The molecule has 204 valence electrons. The molecule has 0 saturated carbocycles. The average Bonchev–Trinajstić information content (AvgIpc) is 2.90. The topological polar surface area (TPSA) is 137 Å². The number of sulfonamides is 2. The number of carbonyl (C=O) groups is 1. The molecule has 1 fully saturated rings. The highest BCUT2D eigenvalue weighted by atomic mass is 32.2. The van der Waals surface area contributed by atoms with Crippen LogP contribution in [0.15, 0.2) is 70.6 Å². The fourth-order valence-corrected chi connectivity index (χ4v) is 7.43. The van der Waals surface area contributed by atoms with Crippen molar-refractivity contribution < 1.29 is 26.7 Å². The number of hydrogen-bond acceptors (Lipinski definition) is 7. The van der Waals surface area contributed by atoms with E-state index in [1.54, 1.807) is 36.5 Å². The summed E-state index contributed by atoms with van der Waals surface area (Å²) < 4.78 is 56.5. The molecule has 0 aliphatic carbocycles. The van der Waals surface area contributed by atoms with Crippen LogP contribution in [0, 0.1) is 0 Å². The normalized spacial score (nSPS) is 17.9. The smallest absolute Gasteiger partial charge is 0.243 e. The lowest BCUT2D eigenvalue weighted by atomic mass is 9.87. The van der Waals surface area contributed by atoms with Crippen LogP contribution in [-0.4, -0.2) is 80.3 Å². The van der Waals surface area contributed by atoms with E-state index in [-0.39, 0.29) is 48.0 Å². The summed E-state index contributed by atoms with van der Waals surface area (Å²) >= 11 is 0. The van der Waals surface area contributed by atoms with Gasteiger partial charge in [-0.1, -0.05) is 39.0 Å². The van der Waals surface area contributed by atoms with Gasteiger partial charge in [-0.05, 0) is 47.4 Å². The van der Waals surface area contributed by atoms with Crippen molar-refractivity contribution in [3.05, 3.63) is 66.4 Å². The molecule has 4 rings (SSSR count). The first-order chi connectivity index (χ1) is 17.9. The van der Waals surface area contributed by atoms with E-state index in [2.05, 4.69) is 10.3 Å². The van der Waals surface area contributed by atoms with E-state index in [1.807, 2.05) is 20.8 Å². The number of nitrogens with zero attached hydrogens (tertiary/aromatic N) is 3. The van der Waals surface area contributed by atoms with Gasteiger partial charge in [0.25, 0.3) is 0 Å². The molecule has 1 aliphatic rings. The number of aliphatic hydroxyl groups is 1. The molecule has 1 aliphatic heterocycles. The molecule has 10 nitrogen and oxygen atoms in total. The van der Waals surface area contributed by atoms with Gasteiger partial charge in [-0.15, -0.1) is 0 Å². The van der Waals surface area contributed by atoms with Gasteiger partial charge < -0.3 is 10.4 Å². The monoisotopic (exact) mass is 560 g/mol. The molecule has 0 bridgehead atoms. The summed E-state index contributed by atoms with van der Waals surface area (Å²) in [5.41, 5.74) is 1.44. The number of pyridine rings is 1. The number of rotatable bonds is 7. The molecule has 1 atom stereocenters. The third-order valence-corrected chi connectivity index (χ3v) is 10.3. The number of carbonyl (C=O) groups excluding carboxylic acids is 1. The van der Waals surface area contributed by atoms with Gasteiger partial charge in [0.15, 0.2) is 0 Å². The Labute approximate surface area is 223 Å². The lowest BCUT2D eigenvalue weighted by Crippen LogP contribution is -2.61. The molecule has 0 spiro atoms. The van der Waals surface area contributed by atoms with Gasteiger partial charge in [-0.25, -0.2) is 16.8 Å². The van der Waals surface area contributed by atoms with Gasteiger partial charge in [0.1, 0.15) is 6.04 Å². The fourth-order valence-electron chi connectivity index (χ4n) is 4.38. The summed E-state index contributed by atoms with van der Waals surface area (Å²) in [7, 11) is -8.17. The molecule has 0 radical (unpaired) electrons. The van der Waals surface area contributed by atoms with Crippen molar-refractivity contribution in [1.29, 1.82) is 0 Å². The Morgan fingerprint density at radius 1 is 1.00 bits per heavy atom. The average molecular weight is 561 g/mol. The van der Waals surface area contributed by atoms with Crippen molar-refractivity contribution >= 4 is 36.9 Å². The summed E-state index contributed by atoms with van der Waals surface area (Å²) in [6.07, 6.45) is 1.61. The molecule has 38 heavy (non-hydrogen) atoms. The Bertz CT molecular complexity index is 1530. The van der Waals surface area contributed by atoms with Gasteiger partial charge in [-0.2, -0.15) is 8.61 Å². The number of nitrogens with one attached hydrogen (secondary N) is 1. The fraction of sp³-hybridized carbons (Fsp3) is 0.385. The van der Waals surface area contributed by atoms with Crippen molar-refractivity contribution in [3.8, 4) is 0 Å². The van der Waals surface area contributed by atoms with Crippen molar-refractivity contribution in [2.24, 2.45) is 0 Å². The van der Waals surface area contributed by atoms with Crippen molar-refractivity contribution in [1.82, 2.24) is 18.9 Å². The van der Waals surface area contributed by atoms with E-state index in [0.717, 1.165) is 14.2 Å². The third-order valence-electron chi connectivity index (χ3n) is 6.55. The molecule has 12 heteroatoms. The van der Waals surface area contributed by atoms with Crippen LogP contribution in [0.3, 0.4) is 0 Å². The molecular formula is C26H32N4O6S2. The third kappa shape index (κ3) is 5.59. The molecule has 1 aromatic heterocycles. The lowest BCUT2D eigenvalue weighted by Gasteiger charge is -2.39. The number of amides is 1. The SMILES string of the molecule is CC(C)(C)c1ccc(S(=O)(=O)N2CCN(S(=O)(=O)c3ccc4ncccc4c3)[C@H](C(=O)NCCO)C2)cc1. The van der Waals surface area contributed by atoms with Crippen LogP contribution in [0.5, 0.6) is 0 Å². The second-order valence-electron chi connectivity index (χ2n) is 10.1. The minimum atomic E-state index is -4.17. The van der Waals surface area contributed by atoms with Gasteiger partial charge in [-0.3, -0.25) is 9.78 Å². The Kier molecular flexibility index (Phi) is 7.91. The molecule has 0 unspecified atom stereocenters. The quantitative estimate of drug-likeness (QED) is 0.449. The molecule has 1 amide bonds. The van der Waals surface area contributed by atoms with E-state index in [9.17, 15) is 21.6 Å². The lowest BCUT2D eigenvalue weighted by molar-refractivity contribution is -0.126. The second-order valence-corrected chi connectivity index (χ2v) is 14.0. The van der Waals surface area contributed by atoms with E-state index in [4.69, 9.17) is 5.11 Å². The van der Waals surface area contributed by atoms with E-state index in [1.165, 1.54) is 24.3 Å². The number of fused-ring (bicyclic) bond motifs is 1. The highest BCUT2D eigenvalue weighted by Gasteiger charge is 2.43. The van der Waals surface area contributed by atoms with Crippen LogP contribution in [0.4, 0.5) is 0 Å². The summed E-state index contributed by atoms with van der Waals surface area (Å²) in [6, 6.07) is 13.2. The van der Waals surface area contributed by atoms with Crippen molar-refractivity contribution in [2.45, 2.75) is 42.0 Å². The number of benzene rings is 2. The standard InChI is InChI=1S/C26H32N4O6S2/c1-26(2,3)20-6-8-21(9-7-20)37(33,34)29-14-15-30(24(18-29)25(32)28-13-16-31)38(35,36)22-10-11-23-19(17-22)5-4-12-27-23/h4-12,17,24,31H,13-16,18H2,1-3H3,(H,28,32)/t24-/m0/s1. The maximum absolute atomic E-state index is 13.7. The Morgan fingerprint density at radius 2 is 1.68 bits per heavy atom. The number of aliphatic hydroxyl groups excluding tert-OH is 1.